The van der Waals surface area contributed by atoms with Gasteiger partial charge in [0, 0.05) is 0 Å². The summed E-state index contributed by atoms with van der Waals surface area (Å²) < 4.78 is 5.90. The van der Waals surface area contributed by atoms with Crippen LogP contribution in [-0.4, -0.2) is 12.0 Å². The molecule has 0 bridgehead atoms. The van der Waals surface area contributed by atoms with Gasteiger partial charge in [0.05, 0.1) is 6.04 Å². The van der Waals surface area contributed by atoms with Gasteiger partial charge in [-0.05, 0) is 62.4 Å². The number of nitrogens with one attached hydrogen (secondary N) is 1. The van der Waals surface area contributed by atoms with Crippen molar-refractivity contribution in [2.24, 2.45) is 0 Å². The second kappa shape index (κ2) is 8.70. The number of benzene rings is 2. The summed E-state index contributed by atoms with van der Waals surface area (Å²) in [5.74, 6) is 0.660. The summed E-state index contributed by atoms with van der Waals surface area (Å²) in [7, 11) is 0. The van der Waals surface area contributed by atoms with Gasteiger partial charge in [-0.3, -0.25) is 4.79 Å². The maximum atomic E-state index is 12.6. The van der Waals surface area contributed by atoms with Gasteiger partial charge in [-0.2, -0.15) is 0 Å². The van der Waals surface area contributed by atoms with Crippen LogP contribution in [0.1, 0.15) is 55.5 Å². The third kappa shape index (κ3) is 5.09. The fourth-order valence-corrected chi connectivity index (χ4v) is 2.99. The number of aryl methyl sites for hydroxylation is 3. The van der Waals surface area contributed by atoms with Crippen LogP contribution in [0.5, 0.6) is 5.75 Å². The molecule has 3 heteroatoms. The highest BCUT2D eigenvalue weighted by atomic mass is 16.5. The SMILES string of the molecule is CCc1ccc(OC(CC)C(=O)NC(C)c2ccc(C)cc2C)cc1. The zero-order chi connectivity index (χ0) is 18.4. The second-order valence-corrected chi connectivity index (χ2v) is 6.60. The monoisotopic (exact) mass is 339 g/mol. The molecule has 0 saturated heterocycles. The topological polar surface area (TPSA) is 38.3 Å². The van der Waals surface area contributed by atoms with Crippen LogP contribution in [0.2, 0.25) is 0 Å². The number of hydrogen-bond acceptors (Lipinski definition) is 2. The largest absolute Gasteiger partial charge is 0.481 e. The van der Waals surface area contributed by atoms with Gasteiger partial charge in [-0.25, -0.2) is 0 Å². The van der Waals surface area contributed by atoms with Gasteiger partial charge in [0.15, 0.2) is 6.10 Å². The molecule has 0 aliphatic carbocycles. The normalized spacial score (nSPS) is 13.2. The van der Waals surface area contributed by atoms with E-state index in [0.29, 0.717) is 6.42 Å². The van der Waals surface area contributed by atoms with Gasteiger partial charge in [-0.15, -0.1) is 0 Å². The van der Waals surface area contributed by atoms with Gasteiger partial charge in [0.25, 0.3) is 5.91 Å². The molecule has 0 fully saturated rings. The Hall–Kier alpha value is -2.29. The van der Waals surface area contributed by atoms with E-state index < -0.39 is 6.10 Å². The molecule has 1 N–H and O–H groups in total. The van der Waals surface area contributed by atoms with Gasteiger partial charge < -0.3 is 10.1 Å². The number of carbonyl (C=O) groups is 1. The maximum Gasteiger partial charge on any atom is 0.261 e. The van der Waals surface area contributed by atoms with Crippen molar-refractivity contribution in [1.29, 1.82) is 0 Å². The molecule has 2 aromatic rings. The van der Waals surface area contributed by atoms with E-state index in [1.54, 1.807) is 0 Å². The molecule has 2 rings (SSSR count). The van der Waals surface area contributed by atoms with Crippen molar-refractivity contribution in [3.05, 3.63) is 64.7 Å². The smallest absolute Gasteiger partial charge is 0.261 e. The zero-order valence-corrected chi connectivity index (χ0v) is 15.9. The molecule has 25 heavy (non-hydrogen) atoms. The molecule has 0 spiro atoms. The van der Waals surface area contributed by atoms with Crippen LogP contribution in [-0.2, 0) is 11.2 Å². The fourth-order valence-electron chi connectivity index (χ4n) is 2.99. The number of hydrogen-bond donors (Lipinski definition) is 1. The minimum Gasteiger partial charge on any atom is -0.481 e. The molecule has 2 aromatic carbocycles. The molecule has 0 heterocycles. The first-order valence-electron chi connectivity index (χ1n) is 9.07. The Morgan fingerprint density at radius 3 is 2.32 bits per heavy atom. The van der Waals surface area contributed by atoms with Crippen molar-refractivity contribution < 1.29 is 9.53 Å². The number of carbonyl (C=O) groups excluding carboxylic acids is 1. The molecule has 0 radical (unpaired) electrons. The van der Waals surface area contributed by atoms with E-state index in [1.165, 1.54) is 16.7 Å². The van der Waals surface area contributed by atoms with E-state index in [4.69, 9.17) is 4.74 Å². The Morgan fingerprint density at radius 2 is 1.76 bits per heavy atom. The van der Waals surface area contributed by atoms with Crippen molar-refractivity contribution in [1.82, 2.24) is 5.32 Å². The van der Waals surface area contributed by atoms with Crippen LogP contribution in [0.15, 0.2) is 42.5 Å². The molecule has 0 aliphatic heterocycles. The summed E-state index contributed by atoms with van der Waals surface area (Å²) in [4.78, 5) is 12.6. The molecule has 134 valence electrons. The number of rotatable bonds is 7. The van der Waals surface area contributed by atoms with Crippen molar-refractivity contribution in [2.75, 3.05) is 0 Å². The van der Waals surface area contributed by atoms with Gasteiger partial charge in [0.1, 0.15) is 5.75 Å². The average molecular weight is 339 g/mol. The Morgan fingerprint density at radius 1 is 1.08 bits per heavy atom. The van der Waals surface area contributed by atoms with E-state index >= 15 is 0 Å². The molecular weight excluding hydrogens is 310 g/mol. The predicted octanol–water partition coefficient (Wildman–Crippen LogP) is 4.90. The first-order valence-corrected chi connectivity index (χ1v) is 9.07. The quantitative estimate of drug-likeness (QED) is 0.779. The van der Waals surface area contributed by atoms with Crippen molar-refractivity contribution in [3.8, 4) is 5.75 Å². The van der Waals surface area contributed by atoms with E-state index in [-0.39, 0.29) is 11.9 Å². The number of ether oxygens (including phenoxy) is 1. The van der Waals surface area contributed by atoms with E-state index in [2.05, 4.69) is 44.3 Å². The minimum absolute atomic E-state index is 0.0479. The van der Waals surface area contributed by atoms with Crippen molar-refractivity contribution >= 4 is 5.91 Å². The minimum atomic E-state index is -0.485. The van der Waals surface area contributed by atoms with Crippen LogP contribution < -0.4 is 10.1 Å². The lowest BCUT2D eigenvalue weighted by Crippen LogP contribution is -2.39. The van der Waals surface area contributed by atoms with Crippen LogP contribution in [0.4, 0.5) is 0 Å². The summed E-state index contributed by atoms with van der Waals surface area (Å²) in [5.41, 5.74) is 4.82. The third-order valence-electron chi connectivity index (χ3n) is 4.52. The van der Waals surface area contributed by atoms with Gasteiger partial charge in [0.2, 0.25) is 0 Å². The van der Waals surface area contributed by atoms with Gasteiger partial charge >= 0.3 is 0 Å². The molecule has 0 aromatic heterocycles. The molecule has 3 nitrogen and oxygen atoms in total. The van der Waals surface area contributed by atoms with Crippen molar-refractivity contribution in [2.45, 2.75) is 59.6 Å². The van der Waals surface area contributed by atoms with Crippen LogP contribution in [0.3, 0.4) is 0 Å². The highest BCUT2D eigenvalue weighted by molar-refractivity contribution is 5.81. The lowest BCUT2D eigenvalue weighted by Gasteiger charge is -2.22. The lowest BCUT2D eigenvalue weighted by atomic mass is 10.00. The van der Waals surface area contributed by atoms with E-state index in [1.807, 2.05) is 38.1 Å². The summed E-state index contributed by atoms with van der Waals surface area (Å²) in [5, 5.41) is 3.09. The summed E-state index contributed by atoms with van der Waals surface area (Å²) in [6.45, 7) is 10.2. The zero-order valence-electron chi connectivity index (χ0n) is 15.9. The summed E-state index contributed by atoms with van der Waals surface area (Å²) in [6.07, 6.45) is 1.13. The van der Waals surface area contributed by atoms with Crippen LogP contribution in [0.25, 0.3) is 0 Å². The standard InChI is InChI=1S/C22H29NO2/c1-6-18-9-11-19(12-10-18)25-21(7-2)22(24)23-17(5)20-13-8-15(3)14-16(20)4/h8-14,17,21H,6-7H2,1-5H3,(H,23,24). The van der Waals surface area contributed by atoms with E-state index in [0.717, 1.165) is 17.7 Å². The Balaban J connectivity index is 2.03. The average Bonchev–Trinajstić information content (AvgIpc) is 2.59. The van der Waals surface area contributed by atoms with Crippen LogP contribution >= 0.6 is 0 Å². The van der Waals surface area contributed by atoms with E-state index in [9.17, 15) is 4.79 Å². The Labute approximate surface area is 151 Å². The molecular formula is C22H29NO2. The predicted molar refractivity (Wildman–Crippen MR) is 103 cm³/mol. The molecule has 1 amide bonds. The molecule has 2 atom stereocenters. The Kier molecular flexibility index (Phi) is 6.63. The summed E-state index contributed by atoms with van der Waals surface area (Å²) in [6, 6.07) is 14.2. The fraction of sp³-hybridized carbons (Fsp3) is 0.409. The second-order valence-electron chi connectivity index (χ2n) is 6.60. The number of amides is 1. The van der Waals surface area contributed by atoms with Crippen LogP contribution in [0, 0.1) is 13.8 Å². The molecule has 0 saturated carbocycles. The highest BCUT2D eigenvalue weighted by Crippen LogP contribution is 2.20. The maximum absolute atomic E-state index is 12.6. The molecule has 0 aliphatic rings. The summed E-state index contributed by atoms with van der Waals surface area (Å²) >= 11 is 0. The lowest BCUT2D eigenvalue weighted by molar-refractivity contribution is -0.128. The third-order valence-corrected chi connectivity index (χ3v) is 4.52. The van der Waals surface area contributed by atoms with Gasteiger partial charge in [-0.1, -0.05) is 49.7 Å². The molecule has 2 unspecified atom stereocenters. The highest BCUT2D eigenvalue weighted by Gasteiger charge is 2.21. The Bertz CT molecular complexity index is 706. The first-order chi connectivity index (χ1) is 11.9. The first kappa shape index (κ1) is 19.0. The van der Waals surface area contributed by atoms with Crippen molar-refractivity contribution in [3.63, 3.8) is 0 Å².